The lowest BCUT2D eigenvalue weighted by Gasteiger charge is -2.06. The Morgan fingerprint density at radius 3 is 2.89 bits per heavy atom. The van der Waals surface area contributed by atoms with E-state index >= 15 is 0 Å². The molecule has 7 nitrogen and oxygen atoms in total. The Kier molecular flexibility index (Phi) is 4.20. The molecule has 0 aliphatic heterocycles. The molecule has 2 aromatic rings. The summed E-state index contributed by atoms with van der Waals surface area (Å²) in [7, 11) is 1.67. The summed E-state index contributed by atoms with van der Waals surface area (Å²) in [6.45, 7) is 4.82. The molecule has 0 aliphatic carbocycles. The van der Waals surface area contributed by atoms with Crippen molar-refractivity contribution in [1.82, 2.24) is 24.7 Å². The van der Waals surface area contributed by atoms with Crippen LogP contribution in [0.4, 0.5) is 5.95 Å². The van der Waals surface area contributed by atoms with Gasteiger partial charge in [-0.3, -0.25) is 4.57 Å². The van der Waals surface area contributed by atoms with Crippen LogP contribution in [0, 0.1) is 6.92 Å². The van der Waals surface area contributed by atoms with Crippen molar-refractivity contribution in [3.05, 3.63) is 22.2 Å². The molecule has 2 aromatic heterocycles. The van der Waals surface area contributed by atoms with Gasteiger partial charge in [0.25, 0.3) is 0 Å². The number of rotatable bonds is 5. The topological polar surface area (TPSA) is 88.5 Å². The number of H-pyrrole nitrogens is 1. The number of aromatic nitrogens is 5. The first kappa shape index (κ1) is 13.6. The molecule has 0 radical (unpaired) electrons. The van der Waals surface area contributed by atoms with Gasteiger partial charge in [0.1, 0.15) is 5.03 Å². The summed E-state index contributed by atoms with van der Waals surface area (Å²) >= 11 is 1.33. The van der Waals surface area contributed by atoms with E-state index in [1.54, 1.807) is 7.05 Å². The van der Waals surface area contributed by atoms with Gasteiger partial charge in [0, 0.05) is 19.3 Å². The number of nitrogens with zero attached hydrogens (tertiary/aromatic N) is 4. The summed E-state index contributed by atoms with van der Waals surface area (Å²) in [6.07, 6.45) is 1.01. The molecule has 0 aromatic carbocycles. The van der Waals surface area contributed by atoms with Crippen LogP contribution in [-0.2, 0) is 7.05 Å². The van der Waals surface area contributed by atoms with Crippen molar-refractivity contribution in [2.45, 2.75) is 30.5 Å². The average molecular weight is 280 g/mol. The summed E-state index contributed by atoms with van der Waals surface area (Å²) in [5.74, 6) is 0.602. The van der Waals surface area contributed by atoms with E-state index in [0.29, 0.717) is 11.1 Å². The Labute approximate surface area is 114 Å². The highest BCUT2D eigenvalue weighted by Gasteiger charge is 2.09. The van der Waals surface area contributed by atoms with Gasteiger partial charge in [-0.15, -0.1) is 5.10 Å². The van der Waals surface area contributed by atoms with Crippen molar-refractivity contribution in [3.8, 4) is 0 Å². The van der Waals surface area contributed by atoms with Crippen molar-refractivity contribution in [1.29, 1.82) is 0 Å². The number of hydrogen-bond donors (Lipinski definition) is 2. The van der Waals surface area contributed by atoms with E-state index in [2.05, 4.69) is 32.4 Å². The van der Waals surface area contributed by atoms with Gasteiger partial charge in [0.2, 0.25) is 5.95 Å². The van der Waals surface area contributed by atoms with Gasteiger partial charge >= 0.3 is 5.69 Å². The van der Waals surface area contributed by atoms with Gasteiger partial charge in [0.15, 0.2) is 5.16 Å². The van der Waals surface area contributed by atoms with Crippen LogP contribution in [-0.4, -0.2) is 31.3 Å². The fourth-order valence-electron chi connectivity index (χ4n) is 1.43. The molecule has 8 heteroatoms. The second-order valence-corrected chi connectivity index (χ2v) is 5.06. The monoisotopic (exact) mass is 280 g/mol. The van der Waals surface area contributed by atoms with Gasteiger partial charge in [-0.1, -0.05) is 6.92 Å². The van der Waals surface area contributed by atoms with Crippen LogP contribution in [0.1, 0.15) is 19.0 Å². The van der Waals surface area contributed by atoms with Crippen molar-refractivity contribution >= 4 is 17.7 Å². The molecule has 0 bridgehead atoms. The number of nitrogens with one attached hydrogen (secondary N) is 2. The van der Waals surface area contributed by atoms with E-state index in [9.17, 15) is 4.79 Å². The first-order valence-electron chi connectivity index (χ1n) is 5.99. The van der Waals surface area contributed by atoms with Crippen LogP contribution in [0.3, 0.4) is 0 Å². The Morgan fingerprint density at radius 1 is 1.47 bits per heavy atom. The summed E-state index contributed by atoms with van der Waals surface area (Å²) in [5.41, 5.74) is 0.634. The maximum absolute atomic E-state index is 11.3. The summed E-state index contributed by atoms with van der Waals surface area (Å²) in [5, 5.41) is 10.8. The zero-order valence-electron chi connectivity index (χ0n) is 11.1. The molecule has 19 heavy (non-hydrogen) atoms. The largest absolute Gasteiger partial charge is 0.354 e. The highest BCUT2D eigenvalue weighted by molar-refractivity contribution is 7.99. The molecule has 0 saturated carbocycles. The summed E-state index contributed by atoms with van der Waals surface area (Å²) in [4.78, 5) is 20.0. The minimum Gasteiger partial charge on any atom is -0.354 e. The lowest BCUT2D eigenvalue weighted by molar-refractivity contribution is 0.764. The smallest absolute Gasteiger partial charge is 0.343 e. The maximum Gasteiger partial charge on any atom is 0.343 e. The van der Waals surface area contributed by atoms with E-state index in [-0.39, 0.29) is 5.69 Å². The fourth-order valence-corrected chi connectivity index (χ4v) is 2.28. The molecule has 0 saturated heterocycles. The number of hydrogen-bond acceptors (Lipinski definition) is 6. The van der Waals surface area contributed by atoms with Crippen LogP contribution in [0.2, 0.25) is 0 Å². The summed E-state index contributed by atoms with van der Waals surface area (Å²) < 4.78 is 1.45. The van der Waals surface area contributed by atoms with E-state index in [1.165, 1.54) is 16.3 Å². The maximum atomic E-state index is 11.3. The molecule has 2 N–H and O–H groups in total. The third-order valence-corrected chi connectivity index (χ3v) is 3.36. The van der Waals surface area contributed by atoms with Crippen LogP contribution < -0.4 is 11.0 Å². The van der Waals surface area contributed by atoms with Crippen LogP contribution in [0.15, 0.2) is 21.0 Å². The first-order chi connectivity index (χ1) is 9.10. The lowest BCUT2D eigenvalue weighted by atomic mass is 10.4. The second kappa shape index (κ2) is 5.87. The molecular weight excluding hydrogens is 264 g/mol. The Morgan fingerprint density at radius 2 is 2.26 bits per heavy atom. The van der Waals surface area contributed by atoms with Gasteiger partial charge < -0.3 is 5.32 Å². The lowest BCUT2D eigenvalue weighted by Crippen LogP contribution is -2.13. The molecule has 0 aliphatic rings. The molecule has 2 rings (SSSR count). The third-order valence-electron chi connectivity index (χ3n) is 2.40. The predicted octanol–water partition coefficient (Wildman–Crippen LogP) is 1.18. The van der Waals surface area contributed by atoms with Gasteiger partial charge in [-0.2, -0.15) is 0 Å². The predicted molar refractivity (Wildman–Crippen MR) is 73.5 cm³/mol. The molecule has 102 valence electrons. The third kappa shape index (κ3) is 3.34. The van der Waals surface area contributed by atoms with Gasteiger partial charge in [0.05, 0.1) is 0 Å². The quantitative estimate of drug-likeness (QED) is 0.800. The summed E-state index contributed by atoms with van der Waals surface area (Å²) in [6, 6.07) is 1.86. The van der Waals surface area contributed by atoms with Gasteiger partial charge in [-0.05, 0) is 31.2 Å². The molecular formula is C11H16N6OS. The van der Waals surface area contributed by atoms with E-state index < -0.39 is 0 Å². The zero-order chi connectivity index (χ0) is 13.8. The standard InChI is InChI=1S/C11H16N6OS/c1-4-5-12-9-13-7(2)6-8(14-9)19-11-16-15-10(18)17(11)3/h6H,4-5H2,1-3H3,(H,15,18)(H,12,13,14). The Hall–Kier alpha value is -1.83. The minimum atomic E-state index is -0.238. The molecule has 0 unspecified atom stereocenters. The highest BCUT2D eigenvalue weighted by atomic mass is 32.2. The normalized spacial score (nSPS) is 10.7. The van der Waals surface area contributed by atoms with E-state index in [1.807, 2.05) is 13.0 Å². The van der Waals surface area contributed by atoms with Crippen LogP contribution >= 0.6 is 11.8 Å². The number of anilines is 1. The van der Waals surface area contributed by atoms with Crippen molar-refractivity contribution < 1.29 is 0 Å². The number of aryl methyl sites for hydroxylation is 1. The SMILES string of the molecule is CCCNc1nc(C)cc(Sc2n[nH]c(=O)n2C)n1. The van der Waals surface area contributed by atoms with Crippen molar-refractivity contribution in [3.63, 3.8) is 0 Å². The molecule has 2 heterocycles. The minimum absolute atomic E-state index is 0.238. The number of aromatic amines is 1. The Bertz CT molecular complexity index is 620. The van der Waals surface area contributed by atoms with Crippen LogP contribution in [0.25, 0.3) is 0 Å². The van der Waals surface area contributed by atoms with E-state index in [4.69, 9.17) is 0 Å². The second-order valence-electron chi connectivity index (χ2n) is 4.07. The first-order valence-corrected chi connectivity index (χ1v) is 6.80. The molecule has 0 spiro atoms. The molecule has 0 atom stereocenters. The van der Waals surface area contributed by atoms with Crippen molar-refractivity contribution in [2.75, 3.05) is 11.9 Å². The van der Waals surface area contributed by atoms with Gasteiger partial charge in [-0.25, -0.2) is 19.9 Å². The molecule has 0 fully saturated rings. The van der Waals surface area contributed by atoms with Crippen LogP contribution in [0.5, 0.6) is 0 Å². The molecule has 0 amide bonds. The zero-order valence-corrected chi connectivity index (χ0v) is 11.9. The fraction of sp³-hybridized carbons (Fsp3) is 0.455. The highest BCUT2D eigenvalue weighted by Crippen LogP contribution is 2.23. The van der Waals surface area contributed by atoms with E-state index in [0.717, 1.165) is 23.7 Å². The van der Waals surface area contributed by atoms with Crippen molar-refractivity contribution in [2.24, 2.45) is 7.05 Å². The average Bonchev–Trinajstić information content (AvgIpc) is 2.68. The Balaban J connectivity index is 2.22.